The van der Waals surface area contributed by atoms with Crippen molar-refractivity contribution >= 4 is 11.0 Å². The molecule has 3 nitrogen and oxygen atoms in total. The Morgan fingerprint density at radius 1 is 1.38 bits per heavy atom. The zero-order chi connectivity index (χ0) is 11.2. The molecule has 0 spiro atoms. The number of aryl methyl sites for hydroxylation is 1. The smallest absolute Gasteiger partial charge is 0.127 e. The number of aromatic amines is 1. The summed E-state index contributed by atoms with van der Waals surface area (Å²) < 4.78 is 0. The Morgan fingerprint density at radius 2 is 2.25 bits per heavy atom. The number of aromatic nitrogens is 2. The zero-order valence-corrected chi connectivity index (χ0v) is 9.80. The van der Waals surface area contributed by atoms with E-state index >= 15 is 0 Å². The second-order valence-electron chi connectivity index (χ2n) is 4.92. The quantitative estimate of drug-likeness (QED) is 0.767. The SMILES string of the molecule is Cc1cccc2[nH]c(C3(C)CCCN3)nc12. The summed E-state index contributed by atoms with van der Waals surface area (Å²) in [6.45, 7) is 5.43. The van der Waals surface area contributed by atoms with Crippen LogP contribution < -0.4 is 5.32 Å². The van der Waals surface area contributed by atoms with Crippen LogP contribution in [0.4, 0.5) is 0 Å². The molecule has 0 saturated carbocycles. The lowest BCUT2D eigenvalue weighted by atomic mass is 10.00. The number of nitrogens with one attached hydrogen (secondary N) is 2. The molecule has 1 unspecified atom stereocenters. The lowest BCUT2D eigenvalue weighted by Crippen LogP contribution is -2.34. The Balaban J connectivity index is 2.15. The van der Waals surface area contributed by atoms with E-state index in [-0.39, 0.29) is 5.54 Å². The highest BCUT2D eigenvalue weighted by atomic mass is 15.1. The van der Waals surface area contributed by atoms with Crippen molar-refractivity contribution in [1.29, 1.82) is 0 Å². The first-order chi connectivity index (χ1) is 7.69. The largest absolute Gasteiger partial charge is 0.340 e. The third-order valence-electron chi connectivity index (χ3n) is 3.61. The van der Waals surface area contributed by atoms with Gasteiger partial charge in [-0.1, -0.05) is 12.1 Å². The first-order valence-corrected chi connectivity index (χ1v) is 5.90. The molecular weight excluding hydrogens is 198 g/mol. The summed E-state index contributed by atoms with van der Waals surface area (Å²) in [6, 6.07) is 6.28. The molecular formula is C13H17N3. The van der Waals surface area contributed by atoms with Crippen LogP contribution >= 0.6 is 0 Å². The standard InChI is InChI=1S/C13H17N3/c1-9-5-3-6-10-11(9)16-12(15-10)13(2)7-4-8-14-13/h3,5-6,14H,4,7-8H2,1-2H3,(H,15,16). The lowest BCUT2D eigenvalue weighted by molar-refractivity contribution is 0.412. The monoisotopic (exact) mass is 215 g/mol. The minimum Gasteiger partial charge on any atom is -0.340 e. The van der Waals surface area contributed by atoms with Crippen LogP contribution in [0.5, 0.6) is 0 Å². The molecule has 2 aromatic rings. The van der Waals surface area contributed by atoms with Crippen molar-refractivity contribution in [2.45, 2.75) is 32.2 Å². The van der Waals surface area contributed by atoms with E-state index in [4.69, 9.17) is 4.98 Å². The average Bonchev–Trinajstić information content (AvgIpc) is 2.85. The topological polar surface area (TPSA) is 40.7 Å². The molecule has 1 aliphatic heterocycles. The van der Waals surface area contributed by atoms with Crippen LogP contribution in [0.2, 0.25) is 0 Å². The van der Waals surface area contributed by atoms with Crippen molar-refractivity contribution in [2.24, 2.45) is 0 Å². The van der Waals surface area contributed by atoms with Crippen molar-refractivity contribution in [1.82, 2.24) is 15.3 Å². The molecule has 1 atom stereocenters. The molecule has 16 heavy (non-hydrogen) atoms. The Hall–Kier alpha value is -1.35. The summed E-state index contributed by atoms with van der Waals surface area (Å²) in [5.74, 6) is 1.08. The van der Waals surface area contributed by atoms with Crippen molar-refractivity contribution in [3.05, 3.63) is 29.6 Å². The molecule has 2 N–H and O–H groups in total. The molecule has 1 aromatic carbocycles. The maximum Gasteiger partial charge on any atom is 0.127 e. The van der Waals surface area contributed by atoms with Crippen molar-refractivity contribution in [3.8, 4) is 0 Å². The number of para-hydroxylation sites is 1. The molecule has 1 fully saturated rings. The number of imidazole rings is 1. The highest BCUT2D eigenvalue weighted by molar-refractivity contribution is 5.78. The van der Waals surface area contributed by atoms with Gasteiger partial charge >= 0.3 is 0 Å². The van der Waals surface area contributed by atoms with E-state index in [9.17, 15) is 0 Å². The van der Waals surface area contributed by atoms with Gasteiger partial charge in [-0.2, -0.15) is 0 Å². The van der Waals surface area contributed by atoms with Gasteiger partial charge in [0.1, 0.15) is 5.82 Å². The van der Waals surface area contributed by atoms with Crippen molar-refractivity contribution < 1.29 is 0 Å². The number of fused-ring (bicyclic) bond motifs is 1. The summed E-state index contributed by atoms with van der Waals surface area (Å²) in [5.41, 5.74) is 3.52. The van der Waals surface area contributed by atoms with E-state index < -0.39 is 0 Å². The van der Waals surface area contributed by atoms with Gasteiger partial charge in [-0.15, -0.1) is 0 Å². The Bertz CT molecular complexity index is 521. The number of nitrogens with zero attached hydrogens (tertiary/aromatic N) is 1. The van der Waals surface area contributed by atoms with Gasteiger partial charge in [0.05, 0.1) is 16.6 Å². The molecule has 84 valence electrons. The van der Waals surface area contributed by atoms with Crippen LogP contribution in [0.15, 0.2) is 18.2 Å². The lowest BCUT2D eigenvalue weighted by Gasteiger charge is -2.21. The molecule has 3 rings (SSSR count). The second-order valence-corrected chi connectivity index (χ2v) is 4.92. The first-order valence-electron chi connectivity index (χ1n) is 5.90. The Kier molecular flexibility index (Phi) is 2.04. The van der Waals surface area contributed by atoms with Crippen LogP contribution in [0.25, 0.3) is 11.0 Å². The molecule has 0 aliphatic carbocycles. The molecule has 3 heteroatoms. The van der Waals surface area contributed by atoms with Crippen molar-refractivity contribution in [3.63, 3.8) is 0 Å². The third kappa shape index (κ3) is 1.35. The van der Waals surface area contributed by atoms with Gasteiger partial charge in [-0.3, -0.25) is 0 Å². The van der Waals surface area contributed by atoms with Gasteiger partial charge in [0, 0.05) is 0 Å². The molecule has 2 heterocycles. The van der Waals surface area contributed by atoms with Crippen LogP contribution in [-0.4, -0.2) is 16.5 Å². The highest BCUT2D eigenvalue weighted by Crippen LogP contribution is 2.30. The van der Waals surface area contributed by atoms with E-state index in [1.54, 1.807) is 0 Å². The van der Waals surface area contributed by atoms with Gasteiger partial charge < -0.3 is 10.3 Å². The van der Waals surface area contributed by atoms with Crippen LogP contribution in [0, 0.1) is 6.92 Å². The highest BCUT2D eigenvalue weighted by Gasteiger charge is 2.32. The van der Waals surface area contributed by atoms with Gasteiger partial charge in [-0.05, 0) is 44.9 Å². The van der Waals surface area contributed by atoms with E-state index in [1.807, 2.05) is 0 Å². The third-order valence-corrected chi connectivity index (χ3v) is 3.61. The van der Waals surface area contributed by atoms with E-state index in [0.717, 1.165) is 29.8 Å². The fourth-order valence-corrected chi connectivity index (χ4v) is 2.53. The summed E-state index contributed by atoms with van der Waals surface area (Å²) in [4.78, 5) is 8.19. The minimum atomic E-state index is 0.0332. The van der Waals surface area contributed by atoms with Gasteiger partial charge in [0.2, 0.25) is 0 Å². The Labute approximate surface area is 95.3 Å². The minimum absolute atomic E-state index is 0.0332. The average molecular weight is 215 g/mol. The maximum atomic E-state index is 4.75. The Morgan fingerprint density at radius 3 is 2.94 bits per heavy atom. The number of hydrogen-bond acceptors (Lipinski definition) is 2. The second kappa shape index (κ2) is 3.32. The molecule has 1 saturated heterocycles. The molecule has 1 aromatic heterocycles. The van der Waals surface area contributed by atoms with E-state index in [0.29, 0.717) is 0 Å². The van der Waals surface area contributed by atoms with Crippen LogP contribution in [0.3, 0.4) is 0 Å². The summed E-state index contributed by atoms with van der Waals surface area (Å²) in [7, 11) is 0. The van der Waals surface area contributed by atoms with Gasteiger partial charge in [0.25, 0.3) is 0 Å². The van der Waals surface area contributed by atoms with Crippen molar-refractivity contribution in [2.75, 3.05) is 6.54 Å². The zero-order valence-electron chi connectivity index (χ0n) is 9.80. The fourth-order valence-electron chi connectivity index (χ4n) is 2.53. The molecule has 1 aliphatic rings. The van der Waals surface area contributed by atoms with E-state index in [2.05, 4.69) is 42.3 Å². The molecule has 0 bridgehead atoms. The summed E-state index contributed by atoms with van der Waals surface area (Å²) in [5, 5.41) is 3.54. The first kappa shape index (κ1) is 9.85. The summed E-state index contributed by atoms with van der Waals surface area (Å²) in [6.07, 6.45) is 2.39. The van der Waals surface area contributed by atoms with Crippen LogP contribution in [0.1, 0.15) is 31.2 Å². The number of hydrogen-bond donors (Lipinski definition) is 2. The van der Waals surface area contributed by atoms with Gasteiger partial charge in [-0.25, -0.2) is 4.98 Å². The predicted octanol–water partition coefficient (Wildman–Crippen LogP) is 2.47. The molecule has 0 amide bonds. The number of rotatable bonds is 1. The van der Waals surface area contributed by atoms with Crippen LogP contribution in [-0.2, 0) is 5.54 Å². The molecule has 0 radical (unpaired) electrons. The number of benzene rings is 1. The normalized spacial score (nSPS) is 25.4. The predicted molar refractivity (Wildman–Crippen MR) is 65.4 cm³/mol. The maximum absolute atomic E-state index is 4.75. The fraction of sp³-hybridized carbons (Fsp3) is 0.462. The summed E-state index contributed by atoms with van der Waals surface area (Å²) >= 11 is 0. The van der Waals surface area contributed by atoms with Gasteiger partial charge in [0.15, 0.2) is 0 Å². The van der Waals surface area contributed by atoms with E-state index in [1.165, 1.54) is 12.0 Å². The number of H-pyrrole nitrogens is 1.